The molecule has 0 aliphatic rings. The summed E-state index contributed by atoms with van der Waals surface area (Å²) in [5.74, 6) is 0.822. The molecule has 6 rings (SSSR count). The maximum atomic E-state index is 7.04. The molecule has 0 spiro atoms. The first kappa shape index (κ1) is 30.5. The minimum absolute atomic E-state index is 0.409. The molecule has 0 saturated heterocycles. The molecule has 0 bridgehead atoms. The molecule has 0 aliphatic heterocycles. The summed E-state index contributed by atoms with van der Waals surface area (Å²) in [7, 11) is 0. The molecule has 0 N–H and O–H groups in total. The highest BCUT2D eigenvalue weighted by atomic mass is 35.5. The van der Waals surface area contributed by atoms with E-state index in [0.717, 1.165) is 49.9 Å². The number of halogens is 1. The zero-order chi connectivity index (χ0) is 31.7. The smallest absolute Gasteiger partial charge is 0.0561 e. The van der Waals surface area contributed by atoms with Crippen LogP contribution in [-0.2, 0) is 0 Å². The summed E-state index contributed by atoms with van der Waals surface area (Å²) in [6.45, 7) is 13.3. The van der Waals surface area contributed by atoms with Crippen LogP contribution in [0.15, 0.2) is 127 Å². The fourth-order valence-corrected chi connectivity index (χ4v) is 6.31. The quantitative estimate of drug-likeness (QED) is 0.169. The molecule has 0 aliphatic carbocycles. The van der Waals surface area contributed by atoms with Crippen LogP contribution in [0.4, 0.5) is 34.1 Å². The molecule has 45 heavy (non-hydrogen) atoms. The van der Waals surface area contributed by atoms with Gasteiger partial charge in [-0.1, -0.05) is 100.0 Å². The summed E-state index contributed by atoms with van der Waals surface area (Å²) in [5, 5.41) is 2.85. The van der Waals surface area contributed by atoms with Gasteiger partial charge in [-0.25, -0.2) is 0 Å². The van der Waals surface area contributed by atoms with E-state index in [0.29, 0.717) is 11.8 Å². The van der Waals surface area contributed by atoms with E-state index >= 15 is 0 Å². The number of rotatable bonds is 8. The standard InChI is InChI=1S/C42H41ClN2/c1-28(2)32-14-9-18-36(24-32)44(34-16-7-12-30(5)22-34)38-26-40-39(20-11-21-41(40)43)42(27-38)45(35-17-8-13-31(6)23-35)37-19-10-15-33(25-37)29(3)4/h7-29H,1-6H3. The number of aryl methyl sites for hydroxylation is 2. The van der Waals surface area contributed by atoms with Crippen LogP contribution < -0.4 is 9.80 Å². The van der Waals surface area contributed by atoms with Crippen LogP contribution >= 0.6 is 11.6 Å². The summed E-state index contributed by atoms with van der Waals surface area (Å²) >= 11 is 7.04. The van der Waals surface area contributed by atoms with Crippen molar-refractivity contribution in [1.29, 1.82) is 0 Å². The topological polar surface area (TPSA) is 6.48 Å². The summed E-state index contributed by atoms with van der Waals surface area (Å²) in [6.07, 6.45) is 0. The van der Waals surface area contributed by atoms with E-state index in [1.807, 2.05) is 6.07 Å². The van der Waals surface area contributed by atoms with Crippen molar-refractivity contribution in [2.45, 2.75) is 53.4 Å². The fourth-order valence-electron chi connectivity index (χ4n) is 6.08. The lowest BCUT2D eigenvalue weighted by Crippen LogP contribution is -2.14. The van der Waals surface area contributed by atoms with Crippen LogP contribution in [0.1, 0.15) is 61.8 Å². The highest BCUT2D eigenvalue weighted by molar-refractivity contribution is 6.36. The molecule has 6 aromatic rings. The molecule has 0 unspecified atom stereocenters. The van der Waals surface area contributed by atoms with Crippen LogP contribution in [0, 0.1) is 13.8 Å². The molecular weight excluding hydrogens is 568 g/mol. The highest BCUT2D eigenvalue weighted by Gasteiger charge is 2.22. The molecular formula is C42H41ClN2. The molecule has 0 saturated carbocycles. The van der Waals surface area contributed by atoms with Crippen LogP contribution in [0.5, 0.6) is 0 Å². The lowest BCUT2D eigenvalue weighted by atomic mass is 10.00. The molecule has 0 heterocycles. The number of fused-ring (bicyclic) bond motifs is 1. The zero-order valence-corrected chi connectivity index (χ0v) is 27.8. The van der Waals surface area contributed by atoms with Gasteiger partial charge in [-0.2, -0.15) is 0 Å². The zero-order valence-electron chi connectivity index (χ0n) is 27.1. The largest absolute Gasteiger partial charge is 0.310 e. The van der Waals surface area contributed by atoms with Gasteiger partial charge in [0.2, 0.25) is 0 Å². The molecule has 226 valence electrons. The molecule has 0 aromatic heterocycles. The van der Waals surface area contributed by atoms with Crippen LogP contribution in [-0.4, -0.2) is 0 Å². The van der Waals surface area contributed by atoms with Crippen molar-refractivity contribution in [3.63, 3.8) is 0 Å². The van der Waals surface area contributed by atoms with Gasteiger partial charge in [0.1, 0.15) is 0 Å². The number of hydrogen-bond acceptors (Lipinski definition) is 2. The van der Waals surface area contributed by atoms with Crippen LogP contribution in [0.2, 0.25) is 5.02 Å². The second-order valence-electron chi connectivity index (χ2n) is 12.6. The highest BCUT2D eigenvalue weighted by Crippen LogP contribution is 2.46. The molecule has 0 atom stereocenters. The maximum Gasteiger partial charge on any atom is 0.0561 e. The molecule has 0 fully saturated rings. The fraction of sp³-hybridized carbons (Fsp3) is 0.190. The van der Waals surface area contributed by atoms with E-state index in [2.05, 4.69) is 173 Å². The van der Waals surface area contributed by atoms with Crippen LogP contribution in [0.25, 0.3) is 10.8 Å². The molecule has 3 heteroatoms. The Kier molecular flexibility index (Phi) is 8.70. The Balaban J connectivity index is 1.68. The second-order valence-corrected chi connectivity index (χ2v) is 13.1. The van der Waals surface area contributed by atoms with Crippen molar-refractivity contribution in [2.24, 2.45) is 0 Å². The number of benzene rings is 6. The second kappa shape index (κ2) is 12.8. The maximum absolute atomic E-state index is 7.04. The van der Waals surface area contributed by atoms with Crippen molar-refractivity contribution < 1.29 is 0 Å². The number of anilines is 6. The Bertz CT molecular complexity index is 1970. The van der Waals surface area contributed by atoms with Gasteiger partial charge in [-0.15, -0.1) is 0 Å². The van der Waals surface area contributed by atoms with Gasteiger partial charge in [0.25, 0.3) is 0 Å². The Labute approximate surface area is 273 Å². The lowest BCUT2D eigenvalue weighted by molar-refractivity contribution is 0.866. The van der Waals surface area contributed by atoms with Gasteiger partial charge < -0.3 is 9.80 Å². The summed E-state index contributed by atoms with van der Waals surface area (Å²) in [6, 6.07) is 46.1. The minimum Gasteiger partial charge on any atom is -0.310 e. The van der Waals surface area contributed by atoms with Gasteiger partial charge >= 0.3 is 0 Å². The van der Waals surface area contributed by atoms with Crippen LogP contribution in [0.3, 0.4) is 0 Å². The Morgan fingerprint density at radius 3 is 1.44 bits per heavy atom. The van der Waals surface area contributed by atoms with Gasteiger partial charge in [0.05, 0.1) is 5.69 Å². The van der Waals surface area contributed by atoms with Crippen molar-refractivity contribution in [3.8, 4) is 0 Å². The van der Waals surface area contributed by atoms with E-state index in [1.54, 1.807) is 0 Å². The summed E-state index contributed by atoms with van der Waals surface area (Å²) in [5.41, 5.74) is 11.6. The van der Waals surface area contributed by atoms with E-state index in [4.69, 9.17) is 11.6 Å². The molecule has 6 aromatic carbocycles. The van der Waals surface area contributed by atoms with Gasteiger partial charge in [-0.05, 0) is 115 Å². The van der Waals surface area contributed by atoms with Gasteiger partial charge in [0, 0.05) is 44.2 Å². The molecule has 0 radical (unpaired) electrons. The summed E-state index contributed by atoms with van der Waals surface area (Å²) in [4.78, 5) is 4.75. The Morgan fingerprint density at radius 1 is 0.444 bits per heavy atom. The first-order valence-electron chi connectivity index (χ1n) is 15.9. The number of nitrogens with zero attached hydrogens (tertiary/aromatic N) is 2. The minimum atomic E-state index is 0.409. The SMILES string of the molecule is Cc1cccc(N(c2cccc(C(C)C)c2)c2cc(N(c3cccc(C)c3)c3cccc(C(C)C)c3)c3cccc(Cl)c3c2)c1. The predicted octanol–water partition coefficient (Wildman–Crippen LogP) is 13.3. The number of hydrogen-bond donors (Lipinski definition) is 0. The van der Waals surface area contributed by atoms with Crippen molar-refractivity contribution in [3.05, 3.63) is 155 Å². The van der Waals surface area contributed by atoms with Crippen molar-refractivity contribution in [1.82, 2.24) is 0 Å². The molecule has 0 amide bonds. The first-order valence-corrected chi connectivity index (χ1v) is 16.2. The third-order valence-electron chi connectivity index (χ3n) is 8.51. The Morgan fingerprint density at radius 2 is 0.911 bits per heavy atom. The normalized spacial score (nSPS) is 11.4. The van der Waals surface area contributed by atoms with E-state index in [1.165, 1.54) is 22.3 Å². The monoisotopic (exact) mass is 608 g/mol. The average Bonchev–Trinajstić information content (AvgIpc) is 3.02. The summed E-state index contributed by atoms with van der Waals surface area (Å²) < 4.78 is 0. The predicted molar refractivity (Wildman–Crippen MR) is 196 cm³/mol. The third-order valence-corrected chi connectivity index (χ3v) is 8.84. The average molecular weight is 609 g/mol. The lowest BCUT2D eigenvalue weighted by Gasteiger charge is -2.31. The van der Waals surface area contributed by atoms with E-state index in [9.17, 15) is 0 Å². The van der Waals surface area contributed by atoms with E-state index in [-0.39, 0.29) is 0 Å². The van der Waals surface area contributed by atoms with Crippen molar-refractivity contribution >= 4 is 56.5 Å². The first-order chi connectivity index (χ1) is 21.7. The Hall–Kier alpha value is -4.53. The third kappa shape index (κ3) is 6.34. The van der Waals surface area contributed by atoms with E-state index < -0.39 is 0 Å². The molecule has 2 nitrogen and oxygen atoms in total. The van der Waals surface area contributed by atoms with Gasteiger partial charge in [-0.3, -0.25) is 0 Å². The van der Waals surface area contributed by atoms with Gasteiger partial charge in [0.15, 0.2) is 0 Å². The van der Waals surface area contributed by atoms with Crippen molar-refractivity contribution in [2.75, 3.05) is 9.80 Å².